The minimum absolute atomic E-state index is 0.00390. The van der Waals surface area contributed by atoms with Gasteiger partial charge in [0.25, 0.3) is 5.91 Å². The zero-order chi connectivity index (χ0) is 15.5. The fraction of sp³-hybridized carbons (Fsp3) is 0.214. The number of aryl methyl sites for hydroxylation is 1. The molecule has 0 aliphatic rings. The third-order valence-electron chi connectivity index (χ3n) is 2.90. The first-order chi connectivity index (χ1) is 9.90. The van der Waals surface area contributed by atoms with Crippen molar-refractivity contribution >= 4 is 27.3 Å². The van der Waals surface area contributed by atoms with Crippen molar-refractivity contribution in [1.82, 2.24) is 5.32 Å². The SMILES string of the molecule is Cc1ccoc1C(=O)NCCS(=O)(=O)c1ccc(Cl)cc1. The van der Waals surface area contributed by atoms with E-state index in [4.69, 9.17) is 16.0 Å². The van der Waals surface area contributed by atoms with Crippen LogP contribution >= 0.6 is 11.6 Å². The molecule has 1 N–H and O–H groups in total. The highest BCUT2D eigenvalue weighted by Gasteiger charge is 2.16. The van der Waals surface area contributed by atoms with Crippen LogP contribution in [0.25, 0.3) is 0 Å². The smallest absolute Gasteiger partial charge is 0.287 e. The lowest BCUT2D eigenvalue weighted by Gasteiger charge is -2.06. The maximum atomic E-state index is 12.1. The fourth-order valence-electron chi connectivity index (χ4n) is 1.74. The predicted molar refractivity (Wildman–Crippen MR) is 79.3 cm³/mol. The Balaban J connectivity index is 1.95. The summed E-state index contributed by atoms with van der Waals surface area (Å²) in [6, 6.07) is 7.57. The van der Waals surface area contributed by atoms with Crippen molar-refractivity contribution < 1.29 is 17.6 Å². The second-order valence-electron chi connectivity index (χ2n) is 4.46. The predicted octanol–water partition coefficient (Wildman–Crippen LogP) is 2.45. The summed E-state index contributed by atoms with van der Waals surface area (Å²) in [5.74, 6) is -0.428. The Kier molecular flexibility index (Phi) is 4.69. The molecule has 0 saturated heterocycles. The van der Waals surface area contributed by atoms with E-state index >= 15 is 0 Å². The number of rotatable bonds is 5. The van der Waals surface area contributed by atoms with Gasteiger partial charge in [-0.05, 0) is 37.3 Å². The van der Waals surface area contributed by atoms with Crippen molar-refractivity contribution in [3.05, 3.63) is 52.9 Å². The third kappa shape index (κ3) is 3.86. The van der Waals surface area contributed by atoms with Gasteiger partial charge in [0.1, 0.15) is 0 Å². The van der Waals surface area contributed by atoms with Crippen molar-refractivity contribution in [2.45, 2.75) is 11.8 Å². The minimum Gasteiger partial charge on any atom is -0.459 e. The largest absolute Gasteiger partial charge is 0.459 e. The Bertz CT molecular complexity index is 735. The second-order valence-corrected chi connectivity index (χ2v) is 7.01. The average Bonchev–Trinajstić information content (AvgIpc) is 2.85. The molecule has 7 heteroatoms. The van der Waals surface area contributed by atoms with Crippen LogP contribution in [-0.2, 0) is 9.84 Å². The molecule has 0 saturated carbocycles. The van der Waals surface area contributed by atoms with Crippen molar-refractivity contribution in [3.63, 3.8) is 0 Å². The Morgan fingerprint density at radius 3 is 2.48 bits per heavy atom. The summed E-state index contributed by atoms with van der Waals surface area (Å²) in [7, 11) is -3.46. The van der Waals surface area contributed by atoms with Gasteiger partial charge >= 0.3 is 0 Å². The van der Waals surface area contributed by atoms with E-state index in [1.165, 1.54) is 30.5 Å². The summed E-state index contributed by atoms with van der Waals surface area (Å²) in [6.45, 7) is 1.74. The van der Waals surface area contributed by atoms with Gasteiger partial charge in [0.15, 0.2) is 15.6 Å². The van der Waals surface area contributed by atoms with E-state index < -0.39 is 15.7 Å². The van der Waals surface area contributed by atoms with E-state index in [9.17, 15) is 13.2 Å². The number of sulfone groups is 1. The maximum Gasteiger partial charge on any atom is 0.287 e. The zero-order valence-electron chi connectivity index (χ0n) is 11.3. The van der Waals surface area contributed by atoms with E-state index in [1.54, 1.807) is 13.0 Å². The number of hydrogen-bond donors (Lipinski definition) is 1. The highest BCUT2D eigenvalue weighted by Crippen LogP contribution is 2.15. The number of halogens is 1. The third-order valence-corrected chi connectivity index (χ3v) is 4.88. The van der Waals surface area contributed by atoms with E-state index in [0.29, 0.717) is 10.6 Å². The van der Waals surface area contributed by atoms with Crippen LogP contribution in [0, 0.1) is 6.92 Å². The summed E-state index contributed by atoms with van der Waals surface area (Å²) >= 11 is 5.72. The van der Waals surface area contributed by atoms with Gasteiger partial charge in [-0.25, -0.2) is 8.42 Å². The number of furan rings is 1. The number of nitrogens with one attached hydrogen (secondary N) is 1. The molecule has 0 bridgehead atoms. The molecule has 21 heavy (non-hydrogen) atoms. The van der Waals surface area contributed by atoms with Crippen LogP contribution < -0.4 is 5.32 Å². The van der Waals surface area contributed by atoms with Crippen LogP contribution in [0.1, 0.15) is 16.1 Å². The Hall–Kier alpha value is -1.79. The van der Waals surface area contributed by atoms with Gasteiger partial charge in [-0.2, -0.15) is 0 Å². The molecule has 112 valence electrons. The van der Waals surface area contributed by atoms with Gasteiger partial charge in [-0.3, -0.25) is 4.79 Å². The molecular weight excluding hydrogens is 314 g/mol. The molecule has 0 radical (unpaired) electrons. The Morgan fingerprint density at radius 2 is 1.90 bits per heavy atom. The van der Waals surface area contributed by atoms with Gasteiger partial charge in [-0.1, -0.05) is 11.6 Å². The number of carbonyl (C=O) groups excluding carboxylic acids is 1. The quantitative estimate of drug-likeness (QED) is 0.915. The average molecular weight is 328 g/mol. The first kappa shape index (κ1) is 15.6. The highest BCUT2D eigenvalue weighted by molar-refractivity contribution is 7.91. The summed E-state index contributed by atoms with van der Waals surface area (Å²) < 4.78 is 29.2. The van der Waals surface area contributed by atoms with E-state index in [0.717, 1.165) is 0 Å². The standard InChI is InChI=1S/C14H14ClNO4S/c1-10-6-8-20-13(10)14(17)16-7-9-21(18,19)12-4-2-11(15)3-5-12/h2-6,8H,7,9H2,1H3,(H,16,17). The number of carbonyl (C=O) groups is 1. The highest BCUT2D eigenvalue weighted by atomic mass is 35.5. The first-order valence-corrected chi connectivity index (χ1v) is 8.24. The van der Waals surface area contributed by atoms with Crippen LogP contribution in [-0.4, -0.2) is 26.6 Å². The second kappa shape index (κ2) is 6.32. The Labute approximate surface area is 127 Å². The van der Waals surface area contributed by atoms with Gasteiger partial charge in [-0.15, -0.1) is 0 Å². The van der Waals surface area contributed by atoms with Crippen molar-refractivity contribution in [3.8, 4) is 0 Å². The van der Waals surface area contributed by atoms with Crippen molar-refractivity contribution in [2.75, 3.05) is 12.3 Å². The van der Waals surface area contributed by atoms with Gasteiger partial charge < -0.3 is 9.73 Å². The molecule has 0 unspecified atom stereocenters. The van der Waals surface area contributed by atoms with Crippen molar-refractivity contribution in [2.24, 2.45) is 0 Å². The monoisotopic (exact) mass is 327 g/mol. The topological polar surface area (TPSA) is 76.4 Å². The summed E-state index contributed by atoms with van der Waals surface area (Å²) in [6.07, 6.45) is 1.41. The van der Waals surface area contributed by atoms with Crippen LogP contribution in [0.15, 0.2) is 45.9 Å². The lowest BCUT2D eigenvalue weighted by atomic mass is 10.3. The summed E-state index contributed by atoms with van der Waals surface area (Å²) in [5.41, 5.74) is 0.702. The van der Waals surface area contributed by atoms with Crippen LogP contribution in [0.4, 0.5) is 0 Å². The summed E-state index contributed by atoms with van der Waals surface area (Å²) in [5, 5.41) is 2.99. The molecule has 0 spiro atoms. The lowest BCUT2D eigenvalue weighted by Crippen LogP contribution is -2.29. The Morgan fingerprint density at radius 1 is 1.24 bits per heavy atom. The molecule has 1 aromatic carbocycles. The molecular formula is C14H14ClNO4S. The molecule has 0 aliphatic carbocycles. The van der Waals surface area contributed by atoms with Crippen molar-refractivity contribution in [1.29, 1.82) is 0 Å². The number of benzene rings is 1. The summed E-state index contributed by atoms with van der Waals surface area (Å²) in [4.78, 5) is 12.0. The molecule has 0 aliphatic heterocycles. The lowest BCUT2D eigenvalue weighted by molar-refractivity contribution is 0.0927. The molecule has 1 heterocycles. The fourth-order valence-corrected chi connectivity index (χ4v) is 3.03. The molecule has 0 fully saturated rings. The van der Waals surface area contributed by atoms with Crippen LogP contribution in [0.3, 0.4) is 0 Å². The molecule has 2 aromatic rings. The van der Waals surface area contributed by atoms with E-state index in [1.807, 2.05) is 0 Å². The maximum absolute atomic E-state index is 12.1. The minimum atomic E-state index is -3.46. The van der Waals surface area contributed by atoms with E-state index in [2.05, 4.69) is 5.32 Å². The number of hydrogen-bond acceptors (Lipinski definition) is 4. The van der Waals surface area contributed by atoms with Crippen LogP contribution in [0.2, 0.25) is 5.02 Å². The molecule has 5 nitrogen and oxygen atoms in total. The first-order valence-electron chi connectivity index (χ1n) is 6.21. The number of amides is 1. The van der Waals surface area contributed by atoms with Gasteiger partial charge in [0.05, 0.1) is 16.9 Å². The van der Waals surface area contributed by atoms with Gasteiger partial charge in [0.2, 0.25) is 0 Å². The van der Waals surface area contributed by atoms with Gasteiger partial charge in [0, 0.05) is 17.1 Å². The molecule has 1 amide bonds. The van der Waals surface area contributed by atoms with Crippen LogP contribution in [0.5, 0.6) is 0 Å². The molecule has 2 rings (SSSR count). The normalized spacial score (nSPS) is 11.3. The molecule has 0 atom stereocenters. The zero-order valence-corrected chi connectivity index (χ0v) is 12.9. The molecule has 1 aromatic heterocycles. The van der Waals surface area contributed by atoms with E-state index in [-0.39, 0.29) is 23.0 Å².